The first-order valence-electron chi connectivity index (χ1n) is 44.5. The van der Waals surface area contributed by atoms with Gasteiger partial charge in [-0.25, -0.2) is 4.79 Å². The number of anilines is 1. The van der Waals surface area contributed by atoms with Gasteiger partial charge < -0.3 is 148 Å². The van der Waals surface area contributed by atoms with Crippen molar-refractivity contribution in [3.8, 4) is 68.6 Å². The van der Waals surface area contributed by atoms with Crippen LogP contribution >= 0.6 is 11.6 Å². The lowest BCUT2D eigenvalue weighted by Gasteiger charge is -2.54. The average Bonchev–Trinajstić information content (AvgIpc) is 0.752. The predicted molar refractivity (Wildman–Crippen MR) is 473 cm³/mol. The number of amides is 10. The highest BCUT2D eigenvalue weighted by Gasteiger charge is 2.53. The fourth-order valence-electron chi connectivity index (χ4n) is 19.1. The summed E-state index contributed by atoms with van der Waals surface area (Å²) in [5, 5.41) is 140. The van der Waals surface area contributed by atoms with E-state index in [1.165, 1.54) is 70.3 Å². The van der Waals surface area contributed by atoms with Crippen LogP contribution in [0.4, 0.5) is 10.5 Å². The summed E-state index contributed by atoms with van der Waals surface area (Å²) < 4.78 is 51.5. The van der Waals surface area contributed by atoms with Crippen molar-refractivity contribution < 1.29 is 127 Å². The summed E-state index contributed by atoms with van der Waals surface area (Å²) in [5.41, 5.74) is 3.28. The number of rotatable bonds is 25. The zero-order valence-corrected chi connectivity index (χ0v) is 74.8. The summed E-state index contributed by atoms with van der Waals surface area (Å²) >= 11 is 7.33. The SMILES string of the molecule is CCNCCOc1cc(NC(=O)NC(=O)C[C@@H]2NC(=O)[C@H](NC(=O)[C@@H](CC(C)C)NC)[C@H](O)c3ccc(c(C)c3)Oc3cc4cc(c3O[C@@H]3O[C@H](CO)[C@@H](O)[C@H](O)[C@H]3O[C@H]3C[C@](C)(N)[C@H](O)[C@H](C)O3)Oc3ccc(cc3Cl)[C@@H](O)[C@@H]3NC(=O)[C@H](NC(=O)[C@@H]4NC2=O)c2ccc(O)c(c2)-c2c(O)cc(O)cc2[C@@H](C(=O)NC2C4CC5CC(C4)CC2C5)NC3=O)cc(OCCNCC)c1. The van der Waals surface area contributed by atoms with E-state index in [0.29, 0.717) is 38.0 Å². The van der Waals surface area contributed by atoms with E-state index in [1.54, 1.807) is 6.07 Å². The first-order chi connectivity index (χ1) is 63.0. The molecule has 0 unspecified atom stereocenters. The number of urea groups is 1. The zero-order chi connectivity index (χ0) is 94.6. The molecule has 17 rings (SSSR count). The standard InChI is InChI=1S/C92H116ClN13O26/c1-9-96-17-19-125-53-32-51(33-54(36-53)126-20-18-97-10-2)98-91(124)100-67(111)37-59-84(118)102-72-50-30-64(128-62-15-12-46(22-41(62)5)76(112)74(88(122)99-59)105-83(117)58(95-8)21-40(3)4)80(132-90-81(79(115)78(114)66(39-107)130-90)131-68-38-92(7,94)82(116)42(6)127-68)65(31-50)129-63-16-13-47(29-57(63)93)77(113)75-89(123)104-73(87(121)101-70-48-24-43-23-44(26-48)27-49(70)25-43)56-34-52(108)35-61(110)69(56)55-28-45(11-14-60(55)109)71(85(119)106-75)103-86(72)120/h11-16,22,28-36,40,42-44,48-49,58-59,66,68,70-79,81-82,90,95-97,107-110,112-116H,9-10,17-21,23-27,37-39,94H2,1-8H3,(H,99,122)(H,101,121)(H,102,118)(H,103,120)(H,104,123)(H,105,117)(H,106,119)(H2,98,100,111,124)/t42-,43?,44?,48?,49?,58+,59-,66+,68-,70?,71+,72+,73-,74+,75-,76+,77+,78+,79-,81+,82+,90-,92-/m0/s1. The normalized spacial score (nSPS) is 29.3. The Morgan fingerprint density at radius 1 is 0.659 bits per heavy atom. The van der Waals surface area contributed by atoms with Crippen molar-refractivity contribution in [1.29, 1.82) is 0 Å². The van der Waals surface area contributed by atoms with Crippen LogP contribution in [0.1, 0.15) is 157 Å². The maximum Gasteiger partial charge on any atom is 0.325 e. The van der Waals surface area contributed by atoms with Gasteiger partial charge in [0.15, 0.2) is 23.9 Å². The molecule has 7 heterocycles. The number of aliphatic hydroxyl groups is 6. The number of halogens is 1. The van der Waals surface area contributed by atoms with E-state index in [0.717, 1.165) is 80.6 Å². The van der Waals surface area contributed by atoms with Gasteiger partial charge in [0.2, 0.25) is 59.3 Å². The van der Waals surface area contributed by atoms with E-state index in [1.807, 2.05) is 27.7 Å². The number of benzene rings is 6. The van der Waals surface area contributed by atoms with Crippen molar-refractivity contribution in [1.82, 2.24) is 58.5 Å². The molecule has 15 bridgehead atoms. The average molecular weight is 1860 g/mol. The smallest absolute Gasteiger partial charge is 0.325 e. The molecule has 7 aliphatic heterocycles. The summed E-state index contributed by atoms with van der Waals surface area (Å²) in [7, 11) is 1.49. The molecule has 4 aliphatic carbocycles. The Balaban J connectivity index is 0.949. The predicted octanol–water partition coefficient (Wildman–Crippen LogP) is 3.46. The molecule has 11 aliphatic rings. The van der Waals surface area contributed by atoms with Gasteiger partial charge in [0, 0.05) is 72.2 Å². The molecular weight excluding hydrogens is 1740 g/mol. The third-order valence-electron chi connectivity index (χ3n) is 25.5. The Morgan fingerprint density at radius 2 is 1.28 bits per heavy atom. The molecule has 0 aromatic heterocycles. The summed E-state index contributed by atoms with van der Waals surface area (Å²) in [6, 6.07) is 3.71. The van der Waals surface area contributed by atoms with Crippen LogP contribution < -0.4 is 93.2 Å². The highest BCUT2D eigenvalue weighted by atomic mass is 35.5. The Morgan fingerprint density at radius 3 is 1.90 bits per heavy atom. The van der Waals surface area contributed by atoms with Crippen molar-refractivity contribution in [3.63, 3.8) is 0 Å². The first-order valence-corrected chi connectivity index (χ1v) is 44.8. The Bertz CT molecular complexity index is 5240. The van der Waals surface area contributed by atoms with Crippen LogP contribution in [0.25, 0.3) is 11.1 Å². The fourth-order valence-corrected chi connectivity index (χ4v) is 19.3. The number of fused-ring (bicyclic) bond motifs is 15. The van der Waals surface area contributed by atoms with E-state index in [-0.39, 0.29) is 111 Å². The molecule has 40 heteroatoms. The van der Waals surface area contributed by atoms with Crippen LogP contribution in [0.3, 0.4) is 0 Å². The van der Waals surface area contributed by atoms with Gasteiger partial charge in [-0.1, -0.05) is 57.5 Å². The second-order valence-corrected chi connectivity index (χ2v) is 36.2. The largest absolute Gasteiger partial charge is 0.508 e. The topological polar surface area (TPSA) is 580 Å². The molecule has 6 aromatic rings. The van der Waals surface area contributed by atoms with Crippen molar-refractivity contribution in [3.05, 3.63) is 135 Å². The van der Waals surface area contributed by atoms with Gasteiger partial charge >= 0.3 is 6.03 Å². The van der Waals surface area contributed by atoms with Gasteiger partial charge in [-0.2, -0.15) is 0 Å². The van der Waals surface area contributed by atoms with Gasteiger partial charge in [0.1, 0.15) is 120 Å². The second-order valence-electron chi connectivity index (χ2n) is 35.8. The minimum Gasteiger partial charge on any atom is -0.508 e. The summed E-state index contributed by atoms with van der Waals surface area (Å²) in [6.45, 7) is 13.6. The number of imide groups is 1. The lowest BCUT2D eigenvalue weighted by Crippen LogP contribution is -2.64. The van der Waals surface area contributed by atoms with Crippen LogP contribution in [0.15, 0.2) is 97.1 Å². The number of aryl methyl sites for hydroxylation is 1. The van der Waals surface area contributed by atoms with Crippen LogP contribution in [0.5, 0.6) is 57.5 Å². The molecule has 39 nitrogen and oxygen atoms in total. The van der Waals surface area contributed by atoms with Crippen molar-refractivity contribution in [2.75, 3.05) is 58.4 Å². The molecule has 6 aromatic carbocycles. The second kappa shape index (κ2) is 41.5. The number of nitrogens with two attached hydrogens (primary N) is 1. The molecule has 0 spiro atoms. The van der Waals surface area contributed by atoms with Gasteiger partial charge in [0.25, 0.3) is 0 Å². The number of aromatic hydroxyl groups is 3. The fraction of sp³-hybridized carbons (Fsp3) is 0.511. The summed E-state index contributed by atoms with van der Waals surface area (Å²) in [6.07, 6.45) is -14.5. The van der Waals surface area contributed by atoms with Gasteiger partial charge in [-0.05, 0) is 197 Å². The van der Waals surface area contributed by atoms with Gasteiger partial charge in [-0.3, -0.25) is 43.7 Å². The molecule has 132 heavy (non-hydrogen) atoms. The van der Waals surface area contributed by atoms with Crippen molar-refractivity contribution >= 4 is 70.6 Å². The highest BCUT2D eigenvalue weighted by molar-refractivity contribution is 6.32. The van der Waals surface area contributed by atoms with E-state index in [4.69, 9.17) is 55.2 Å². The number of hydrogen-bond acceptors (Lipinski definition) is 30. The Hall–Kier alpha value is -11.3. The third kappa shape index (κ3) is 21.8. The zero-order valence-electron chi connectivity index (χ0n) is 74.0. The van der Waals surface area contributed by atoms with Gasteiger partial charge in [-0.15, -0.1) is 0 Å². The van der Waals surface area contributed by atoms with E-state index in [2.05, 4.69) is 63.8 Å². The quantitative estimate of drug-likeness (QED) is 0.0365. The maximum absolute atomic E-state index is 16.8. The number of hydrogen-bond donors (Lipinski definition) is 22. The minimum absolute atomic E-state index is 0.0456. The molecule has 23 N–H and O–H groups in total. The number of likely N-dealkylation sites (N-methyl/N-ethyl adjacent to an activating group) is 3. The summed E-state index contributed by atoms with van der Waals surface area (Å²) in [4.78, 5) is 140. The lowest BCUT2D eigenvalue weighted by molar-refractivity contribution is -0.333. The number of nitrogens with one attached hydrogen (secondary N) is 12. The molecule has 4 saturated carbocycles. The number of carbonyl (C=O) groups excluding carboxylic acids is 9. The molecule has 712 valence electrons. The van der Waals surface area contributed by atoms with E-state index >= 15 is 28.8 Å². The van der Waals surface area contributed by atoms with Crippen molar-refractivity contribution in [2.24, 2.45) is 35.3 Å². The molecule has 10 amide bonds. The first kappa shape index (κ1) is 96.8. The number of aliphatic hydroxyl groups excluding tert-OH is 6. The van der Waals surface area contributed by atoms with Crippen LogP contribution in [-0.2, 0) is 52.6 Å². The number of ether oxygens (including phenoxy) is 8. The molecule has 18 atom stereocenters. The molecule has 6 fully saturated rings. The lowest BCUT2D eigenvalue weighted by atomic mass is 9.54. The Kier molecular flexibility index (Phi) is 30.4. The van der Waals surface area contributed by atoms with E-state index in [9.17, 15) is 60.3 Å². The van der Waals surface area contributed by atoms with Crippen LogP contribution in [0, 0.1) is 36.5 Å². The minimum atomic E-state index is -2.42. The number of carbonyl (C=O) groups is 9. The van der Waals surface area contributed by atoms with Crippen LogP contribution in [-0.4, -0.2) is 237 Å². The monoisotopic (exact) mass is 1850 g/mol. The number of phenolic OH excluding ortho intramolecular Hbond substituents is 3. The summed E-state index contributed by atoms with van der Waals surface area (Å²) in [5.74, 6) is -12.8. The third-order valence-corrected chi connectivity index (χ3v) is 25.8. The highest BCUT2D eigenvalue weighted by Crippen LogP contribution is 2.55. The van der Waals surface area contributed by atoms with E-state index < -0.39 is 227 Å². The van der Waals surface area contributed by atoms with Gasteiger partial charge in [0.05, 0.1) is 36.3 Å². The molecule has 0 radical (unpaired) electrons. The van der Waals surface area contributed by atoms with Crippen molar-refractivity contribution in [2.45, 2.75) is 215 Å². The number of phenols is 3. The van der Waals surface area contributed by atoms with Crippen LogP contribution in [0.2, 0.25) is 5.02 Å². The molecular formula is C92H116ClN13O26. The maximum atomic E-state index is 16.8. The Labute approximate surface area is 765 Å². The molecule has 2 saturated heterocycles.